The molecule has 2 aliphatic rings. The van der Waals surface area contributed by atoms with Crippen LogP contribution in [0.15, 0.2) is 72.0 Å². The average molecular weight is 917 g/mol. The maximum Gasteiger partial charge on any atom is 0.408 e. The molecule has 0 spiro atoms. The average Bonchev–Trinajstić information content (AvgIpc) is 3.13. The fourth-order valence-electron chi connectivity index (χ4n) is 5.06. The number of amides is 2. The van der Waals surface area contributed by atoms with Crippen molar-refractivity contribution in [2.45, 2.75) is 137 Å². The largest absolute Gasteiger partial charge is 0.511 e. The van der Waals surface area contributed by atoms with E-state index in [-0.39, 0.29) is 19.6 Å². The summed E-state index contributed by atoms with van der Waals surface area (Å²) in [5, 5.41) is 23.8. The van der Waals surface area contributed by atoms with Crippen LogP contribution in [0, 0.1) is 0 Å². The lowest BCUT2D eigenvalue weighted by atomic mass is 10.1. The molecule has 356 valence electrons. The lowest BCUT2D eigenvalue weighted by Crippen LogP contribution is -2.45. The lowest BCUT2D eigenvalue weighted by molar-refractivity contribution is -0.231. The van der Waals surface area contributed by atoms with Crippen molar-refractivity contribution in [1.82, 2.24) is 10.6 Å². The van der Waals surface area contributed by atoms with Crippen LogP contribution in [-0.4, -0.2) is 99.0 Å². The summed E-state index contributed by atoms with van der Waals surface area (Å²) in [6, 6.07) is 14.9. The van der Waals surface area contributed by atoms with Crippen LogP contribution in [0.1, 0.15) is 99.6 Å². The highest BCUT2D eigenvalue weighted by molar-refractivity contribution is 6.15. The first-order valence-corrected chi connectivity index (χ1v) is 19.9. The molecule has 0 aromatic heterocycles. The molecule has 0 saturated carbocycles. The topological polar surface area (TPSA) is 292 Å². The van der Waals surface area contributed by atoms with Gasteiger partial charge in [-0.3, -0.25) is 14.4 Å². The van der Waals surface area contributed by atoms with Crippen molar-refractivity contribution in [2.24, 2.45) is 0 Å². The van der Waals surface area contributed by atoms with Crippen LogP contribution in [-0.2, 0) is 84.7 Å². The van der Waals surface area contributed by atoms with E-state index in [0.717, 1.165) is 5.56 Å². The molecular formula is C44H56N2O19. The van der Waals surface area contributed by atoms with Crippen LogP contribution in [0.25, 0.3) is 0 Å². The molecule has 21 nitrogen and oxygen atoms in total. The monoisotopic (exact) mass is 916 g/mol. The molecule has 2 fully saturated rings. The molecule has 0 bridgehead atoms. The number of rotatable bonds is 12. The summed E-state index contributed by atoms with van der Waals surface area (Å²) in [5.41, 5.74) is -0.929. The maximum atomic E-state index is 12.6. The van der Waals surface area contributed by atoms with Crippen molar-refractivity contribution in [2.75, 3.05) is 0 Å². The molecule has 2 saturated heterocycles. The number of nitrogens with one attached hydrogen (secondary N) is 2. The van der Waals surface area contributed by atoms with Crippen molar-refractivity contribution in [1.29, 1.82) is 0 Å². The summed E-state index contributed by atoms with van der Waals surface area (Å²) < 4.78 is 39.6. The van der Waals surface area contributed by atoms with Gasteiger partial charge in [0.15, 0.2) is 5.57 Å². The van der Waals surface area contributed by atoms with Gasteiger partial charge in [-0.15, -0.1) is 0 Å². The third-order valence-corrected chi connectivity index (χ3v) is 7.56. The highest BCUT2D eigenvalue weighted by Crippen LogP contribution is 2.26. The second-order valence-electron chi connectivity index (χ2n) is 16.9. The quantitative estimate of drug-likeness (QED) is 0.0545. The molecule has 2 heterocycles. The van der Waals surface area contributed by atoms with Gasteiger partial charge in [-0.05, 0) is 52.7 Å². The van der Waals surface area contributed by atoms with E-state index in [2.05, 4.69) is 20.1 Å². The minimum atomic E-state index is -1.50. The number of carbonyl (C=O) groups is 9. The Morgan fingerprint density at radius 3 is 1.29 bits per heavy atom. The Labute approximate surface area is 375 Å². The van der Waals surface area contributed by atoms with Crippen LogP contribution >= 0.6 is 0 Å². The van der Waals surface area contributed by atoms with E-state index >= 15 is 0 Å². The number of cyclic esters (lactones) is 4. The van der Waals surface area contributed by atoms with E-state index in [4.69, 9.17) is 33.5 Å². The maximum absolute atomic E-state index is 12.6. The van der Waals surface area contributed by atoms with Gasteiger partial charge in [0.25, 0.3) is 11.6 Å². The number of aliphatic hydroxyl groups excluding tert-OH is 1. The number of hydrogen-bond acceptors (Lipinski definition) is 18. The summed E-state index contributed by atoms with van der Waals surface area (Å²) >= 11 is 0. The normalized spacial score (nSPS) is 15.9. The zero-order chi connectivity index (χ0) is 49.3. The summed E-state index contributed by atoms with van der Waals surface area (Å²) in [4.78, 5) is 105. The molecular weight excluding hydrogens is 860 g/mol. The van der Waals surface area contributed by atoms with Crippen molar-refractivity contribution < 1.29 is 91.3 Å². The number of aliphatic carboxylic acids is 1. The van der Waals surface area contributed by atoms with Crippen LogP contribution in [0.4, 0.5) is 9.59 Å². The Kier molecular flexibility index (Phi) is 19.5. The van der Waals surface area contributed by atoms with Gasteiger partial charge in [0, 0.05) is 34.1 Å². The van der Waals surface area contributed by atoms with E-state index < -0.39 is 113 Å². The molecule has 4 N–H and O–H groups in total. The number of carboxylic acids is 1. The highest BCUT2D eigenvalue weighted by atomic mass is 16.8. The number of carbonyl (C=O) groups excluding carboxylic acids is 8. The third kappa shape index (κ3) is 21.6. The van der Waals surface area contributed by atoms with Crippen molar-refractivity contribution >= 4 is 54.0 Å². The van der Waals surface area contributed by atoms with E-state index in [1.807, 2.05) is 6.07 Å². The molecule has 65 heavy (non-hydrogen) atoms. The number of ether oxygens (including phenoxy) is 8. The molecule has 2 amide bonds. The Balaban J connectivity index is 0.000000380. The van der Waals surface area contributed by atoms with Gasteiger partial charge in [-0.1, -0.05) is 60.7 Å². The number of benzene rings is 2. The van der Waals surface area contributed by atoms with Crippen LogP contribution in [0.5, 0.6) is 0 Å². The van der Waals surface area contributed by atoms with Gasteiger partial charge < -0.3 is 58.7 Å². The van der Waals surface area contributed by atoms with Gasteiger partial charge >= 0.3 is 54.0 Å². The number of esters is 6. The first-order valence-electron chi connectivity index (χ1n) is 19.9. The Morgan fingerprint density at radius 1 is 0.600 bits per heavy atom. The number of carboxylic acid groups (broad SMARTS) is 1. The molecule has 0 unspecified atom stereocenters. The second kappa shape index (κ2) is 23.5. The van der Waals surface area contributed by atoms with E-state index in [1.165, 1.54) is 27.7 Å². The zero-order valence-electron chi connectivity index (χ0n) is 37.8. The summed E-state index contributed by atoms with van der Waals surface area (Å²) in [6.07, 6.45) is -3.32. The van der Waals surface area contributed by atoms with Crippen molar-refractivity contribution in [3.63, 3.8) is 0 Å². The molecule has 0 radical (unpaired) electrons. The van der Waals surface area contributed by atoms with E-state index in [9.17, 15) is 48.3 Å². The predicted molar refractivity (Wildman–Crippen MR) is 222 cm³/mol. The zero-order valence-corrected chi connectivity index (χ0v) is 37.8. The third-order valence-electron chi connectivity index (χ3n) is 7.56. The van der Waals surface area contributed by atoms with Crippen LogP contribution in [0.3, 0.4) is 0 Å². The Bertz CT molecular complexity index is 2030. The van der Waals surface area contributed by atoms with E-state index in [0.29, 0.717) is 5.56 Å². The minimum absolute atomic E-state index is 0.00814. The fraction of sp³-hybridized carbons (Fsp3) is 0.477. The second-order valence-corrected chi connectivity index (χ2v) is 16.9. The van der Waals surface area contributed by atoms with Gasteiger partial charge in [0.1, 0.15) is 48.7 Å². The summed E-state index contributed by atoms with van der Waals surface area (Å²) in [6.45, 7) is 15.5. The highest BCUT2D eigenvalue weighted by Gasteiger charge is 2.42. The number of aliphatic hydroxyl groups is 1. The molecule has 2 aromatic carbocycles. The molecule has 0 aliphatic carbocycles. The van der Waals surface area contributed by atoms with Crippen molar-refractivity contribution in [3.8, 4) is 0 Å². The fourth-order valence-corrected chi connectivity index (χ4v) is 5.06. The minimum Gasteiger partial charge on any atom is -0.511 e. The predicted octanol–water partition coefficient (Wildman–Crippen LogP) is 4.97. The van der Waals surface area contributed by atoms with Gasteiger partial charge in [-0.2, -0.15) is 0 Å². The van der Waals surface area contributed by atoms with Gasteiger partial charge in [0.2, 0.25) is 0 Å². The molecule has 4 rings (SSSR count). The van der Waals surface area contributed by atoms with Gasteiger partial charge in [0.05, 0.1) is 6.42 Å². The Hall–Kier alpha value is -7.19. The molecule has 2 atom stereocenters. The summed E-state index contributed by atoms with van der Waals surface area (Å²) in [5.74, 6) is -9.63. The summed E-state index contributed by atoms with van der Waals surface area (Å²) in [7, 11) is 0. The molecule has 21 heteroatoms. The van der Waals surface area contributed by atoms with Crippen molar-refractivity contribution in [3.05, 3.63) is 83.1 Å². The molecule has 2 aromatic rings. The number of hydrogen-bond donors (Lipinski definition) is 4. The van der Waals surface area contributed by atoms with Gasteiger partial charge in [-0.25, -0.2) is 28.8 Å². The van der Waals surface area contributed by atoms with Crippen LogP contribution in [0.2, 0.25) is 0 Å². The Morgan fingerprint density at radius 2 is 0.954 bits per heavy atom. The lowest BCUT2D eigenvalue weighted by Gasteiger charge is -2.30. The smallest absolute Gasteiger partial charge is 0.408 e. The first-order chi connectivity index (χ1) is 29.9. The standard InChI is InChI=1S/C22H27NO9.C16H21NO6.C6H8O4/c1-21(2,3)32-20(28)23-14(17(25)29-12-13-9-7-6-8-10-13)11-15(24)16-18(26)30-22(4,5)31-19(16)27;1-16(2,3)23-15(21)17-12(9-13(18)19)14(20)22-10-11-7-5-4-6-8-11;1-6(2)9-4(7)3-5(8)10-6/h6-10,14,24H,11-12H2,1-5H3,(H,23,28);4-8,12H,9-10H2,1-3H3,(H,17,21)(H,18,19);3H2,1-2H3/t14-;12-;/m00./s1. The SMILES string of the molecule is CC(C)(C)OC(=O)N[C@@H](CC(=O)O)C(=O)OCc1ccccc1.CC(C)(C)OC(=O)N[C@@H](CC(O)=C1C(=O)OC(C)(C)OC1=O)C(=O)OCc1ccccc1.CC1(C)OC(=O)CC(=O)O1. The first kappa shape index (κ1) is 53.9. The van der Waals surface area contributed by atoms with Crippen LogP contribution < -0.4 is 10.6 Å². The van der Waals surface area contributed by atoms with E-state index in [1.54, 1.807) is 96.1 Å². The number of alkyl carbamates (subject to hydrolysis) is 2. The molecule has 2 aliphatic heterocycles.